The van der Waals surface area contributed by atoms with Crippen LogP contribution in [0.25, 0.3) is 21.8 Å². The van der Waals surface area contributed by atoms with Crippen LogP contribution in [0.3, 0.4) is 0 Å². The monoisotopic (exact) mass is 325 g/mol. The van der Waals surface area contributed by atoms with Crippen LogP contribution in [-0.4, -0.2) is 21.0 Å². The predicted molar refractivity (Wildman–Crippen MR) is 82.4 cm³/mol. The highest BCUT2D eigenvalue weighted by atomic mass is 32.1. The summed E-state index contributed by atoms with van der Waals surface area (Å²) >= 11 is 0.961. The van der Waals surface area contributed by atoms with Crippen molar-refractivity contribution in [2.45, 2.75) is 0 Å². The number of carboxylic acids is 1. The Morgan fingerprint density at radius 3 is 2.65 bits per heavy atom. The maximum Gasteiger partial charge on any atom is 0.347 e. The SMILES string of the molecule is N#Cc1cc(-c2ncc(C(=O)O)s2)ncc1-c1ccccc1F. The van der Waals surface area contributed by atoms with Crippen LogP contribution in [0.4, 0.5) is 4.39 Å². The van der Waals surface area contributed by atoms with Crippen LogP contribution in [0, 0.1) is 17.1 Å². The number of aromatic carboxylic acids is 1. The van der Waals surface area contributed by atoms with Crippen molar-refractivity contribution in [3.63, 3.8) is 0 Å². The predicted octanol–water partition coefficient (Wildman–Crippen LogP) is 3.58. The number of hydrogen-bond acceptors (Lipinski definition) is 5. The van der Waals surface area contributed by atoms with Crippen molar-refractivity contribution in [3.8, 4) is 27.9 Å². The van der Waals surface area contributed by atoms with Crippen molar-refractivity contribution in [1.29, 1.82) is 5.26 Å². The summed E-state index contributed by atoms with van der Waals surface area (Å²) in [5, 5.41) is 18.6. The summed E-state index contributed by atoms with van der Waals surface area (Å²) in [5.74, 6) is -1.52. The summed E-state index contributed by atoms with van der Waals surface area (Å²) in [4.78, 5) is 19.2. The Bertz CT molecular complexity index is 946. The molecule has 2 aromatic heterocycles. The minimum Gasteiger partial charge on any atom is -0.477 e. The molecule has 0 bridgehead atoms. The number of aromatic nitrogens is 2. The quantitative estimate of drug-likeness (QED) is 0.795. The van der Waals surface area contributed by atoms with Gasteiger partial charge in [-0.1, -0.05) is 18.2 Å². The van der Waals surface area contributed by atoms with Crippen LogP contribution < -0.4 is 0 Å². The smallest absolute Gasteiger partial charge is 0.347 e. The average Bonchev–Trinajstić information content (AvgIpc) is 3.05. The molecule has 0 aliphatic rings. The van der Waals surface area contributed by atoms with Gasteiger partial charge in [0.1, 0.15) is 21.4 Å². The molecule has 3 aromatic rings. The highest BCUT2D eigenvalue weighted by Crippen LogP contribution is 2.30. The number of thiazole rings is 1. The summed E-state index contributed by atoms with van der Waals surface area (Å²) < 4.78 is 13.9. The molecule has 0 fully saturated rings. The molecule has 1 N–H and O–H groups in total. The molecule has 7 heteroatoms. The fraction of sp³-hybridized carbons (Fsp3) is 0. The number of benzene rings is 1. The lowest BCUT2D eigenvalue weighted by molar-refractivity contribution is 0.0702. The third-order valence-corrected chi connectivity index (χ3v) is 4.13. The Morgan fingerprint density at radius 2 is 2.00 bits per heavy atom. The van der Waals surface area contributed by atoms with Crippen molar-refractivity contribution < 1.29 is 14.3 Å². The first-order valence-electron chi connectivity index (χ1n) is 6.44. The standard InChI is InChI=1S/C16H8FN3O2S/c17-12-4-2-1-3-10(12)11-7-19-13(5-9(11)6-18)15-20-8-14(23-15)16(21)22/h1-5,7-8H,(H,21,22). The Kier molecular flexibility index (Phi) is 3.83. The minimum absolute atomic E-state index is 0.0819. The molecule has 0 amide bonds. The van der Waals surface area contributed by atoms with Crippen molar-refractivity contribution >= 4 is 17.3 Å². The van der Waals surface area contributed by atoms with E-state index in [1.807, 2.05) is 6.07 Å². The maximum atomic E-state index is 13.9. The fourth-order valence-corrected chi connectivity index (χ4v) is 2.77. The van der Waals surface area contributed by atoms with E-state index in [2.05, 4.69) is 9.97 Å². The van der Waals surface area contributed by atoms with Crippen LogP contribution in [-0.2, 0) is 0 Å². The van der Waals surface area contributed by atoms with E-state index in [0.717, 1.165) is 11.3 Å². The van der Waals surface area contributed by atoms with Gasteiger partial charge in [0.05, 0.1) is 17.8 Å². The van der Waals surface area contributed by atoms with Gasteiger partial charge in [-0.3, -0.25) is 4.98 Å². The number of hydrogen-bond donors (Lipinski definition) is 1. The van der Waals surface area contributed by atoms with E-state index >= 15 is 0 Å². The van der Waals surface area contributed by atoms with E-state index in [9.17, 15) is 14.4 Å². The van der Waals surface area contributed by atoms with E-state index in [0.29, 0.717) is 16.3 Å². The fourth-order valence-electron chi connectivity index (χ4n) is 2.05. The van der Waals surface area contributed by atoms with Gasteiger partial charge in [-0.05, 0) is 12.1 Å². The molecular weight excluding hydrogens is 317 g/mol. The van der Waals surface area contributed by atoms with E-state index in [1.165, 1.54) is 24.5 Å². The molecule has 5 nitrogen and oxygen atoms in total. The Hall–Kier alpha value is -3.11. The molecule has 0 spiro atoms. The number of halogens is 1. The second kappa shape index (κ2) is 5.94. The Labute approximate surface area is 134 Å². The molecule has 0 saturated heterocycles. The normalized spacial score (nSPS) is 10.3. The lowest BCUT2D eigenvalue weighted by Gasteiger charge is -2.06. The number of nitriles is 1. The highest BCUT2D eigenvalue weighted by molar-refractivity contribution is 7.16. The number of pyridine rings is 1. The van der Waals surface area contributed by atoms with E-state index in [-0.39, 0.29) is 16.0 Å². The number of carboxylic acid groups (broad SMARTS) is 1. The van der Waals surface area contributed by atoms with Gasteiger partial charge in [-0.2, -0.15) is 5.26 Å². The van der Waals surface area contributed by atoms with Gasteiger partial charge in [0.25, 0.3) is 0 Å². The molecule has 3 rings (SSSR count). The van der Waals surface area contributed by atoms with Gasteiger partial charge in [0.15, 0.2) is 0 Å². The van der Waals surface area contributed by atoms with Gasteiger partial charge in [0.2, 0.25) is 0 Å². The van der Waals surface area contributed by atoms with Crippen LogP contribution >= 0.6 is 11.3 Å². The first kappa shape index (κ1) is 14.8. The molecule has 1 aromatic carbocycles. The number of carbonyl (C=O) groups is 1. The summed E-state index contributed by atoms with van der Waals surface area (Å²) in [7, 11) is 0. The topological polar surface area (TPSA) is 86.9 Å². The number of rotatable bonds is 3. The summed E-state index contributed by atoms with van der Waals surface area (Å²) in [6.45, 7) is 0. The van der Waals surface area contributed by atoms with Crippen molar-refractivity contribution in [1.82, 2.24) is 9.97 Å². The van der Waals surface area contributed by atoms with E-state index in [4.69, 9.17) is 5.11 Å². The Morgan fingerprint density at radius 1 is 1.22 bits per heavy atom. The molecule has 0 saturated carbocycles. The van der Waals surface area contributed by atoms with Crippen molar-refractivity contribution in [2.24, 2.45) is 0 Å². The van der Waals surface area contributed by atoms with Crippen molar-refractivity contribution in [2.75, 3.05) is 0 Å². The number of nitrogens with zero attached hydrogens (tertiary/aromatic N) is 3. The van der Waals surface area contributed by atoms with Gasteiger partial charge in [0, 0.05) is 17.3 Å². The first-order valence-corrected chi connectivity index (χ1v) is 7.26. The zero-order valence-electron chi connectivity index (χ0n) is 11.5. The minimum atomic E-state index is -1.07. The van der Waals surface area contributed by atoms with Crippen LogP contribution in [0.2, 0.25) is 0 Å². The summed E-state index contributed by atoms with van der Waals surface area (Å²) in [6.07, 6.45) is 2.63. The molecule has 0 unspecified atom stereocenters. The zero-order chi connectivity index (χ0) is 16.4. The zero-order valence-corrected chi connectivity index (χ0v) is 12.3. The van der Waals surface area contributed by atoms with Gasteiger partial charge < -0.3 is 5.11 Å². The molecule has 0 radical (unpaired) electrons. The second-order valence-electron chi connectivity index (χ2n) is 4.54. The first-order chi connectivity index (χ1) is 11.1. The largest absolute Gasteiger partial charge is 0.477 e. The molecular formula is C16H8FN3O2S. The average molecular weight is 325 g/mol. The van der Waals surface area contributed by atoms with E-state index in [1.54, 1.807) is 18.2 Å². The van der Waals surface area contributed by atoms with Gasteiger partial charge in [-0.15, -0.1) is 11.3 Å². The van der Waals surface area contributed by atoms with E-state index < -0.39 is 11.8 Å². The molecule has 112 valence electrons. The van der Waals surface area contributed by atoms with Crippen LogP contribution in [0.15, 0.2) is 42.7 Å². The molecule has 2 heterocycles. The summed E-state index contributed by atoms with van der Waals surface area (Å²) in [5.41, 5.74) is 1.28. The molecule has 0 aliphatic heterocycles. The van der Waals surface area contributed by atoms with Gasteiger partial charge in [-0.25, -0.2) is 14.2 Å². The lowest BCUT2D eigenvalue weighted by Crippen LogP contribution is -1.92. The molecule has 0 aliphatic carbocycles. The third kappa shape index (κ3) is 2.80. The Balaban J connectivity index is 2.08. The molecule has 23 heavy (non-hydrogen) atoms. The highest BCUT2D eigenvalue weighted by Gasteiger charge is 2.15. The van der Waals surface area contributed by atoms with Crippen LogP contribution in [0.5, 0.6) is 0 Å². The van der Waals surface area contributed by atoms with Gasteiger partial charge >= 0.3 is 5.97 Å². The lowest BCUT2D eigenvalue weighted by atomic mass is 10.0. The summed E-state index contributed by atoms with van der Waals surface area (Å²) in [6, 6.07) is 9.61. The third-order valence-electron chi connectivity index (χ3n) is 3.12. The van der Waals surface area contributed by atoms with Crippen molar-refractivity contribution in [3.05, 3.63) is 59.0 Å². The second-order valence-corrected chi connectivity index (χ2v) is 5.57. The maximum absolute atomic E-state index is 13.9. The molecule has 0 atom stereocenters. The van der Waals surface area contributed by atoms with Crippen LogP contribution in [0.1, 0.15) is 15.2 Å².